The van der Waals surface area contributed by atoms with Crippen molar-refractivity contribution in [2.45, 2.75) is 19.4 Å². The lowest BCUT2D eigenvalue weighted by Crippen LogP contribution is -2.36. The van der Waals surface area contributed by atoms with Gasteiger partial charge in [-0.2, -0.15) is 0 Å². The molecule has 19 heavy (non-hydrogen) atoms. The summed E-state index contributed by atoms with van der Waals surface area (Å²) >= 11 is 0. The van der Waals surface area contributed by atoms with Gasteiger partial charge in [-0.1, -0.05) is 0 Å². The predicted molar refractivity (Wildman–Crippen MR) is 72.9 cm³/mol. The molecule has 2 heterocycles. The van der Waals surface area contributed by atoms with Crippen molar-refractivity contribution in [2.24, 2.45) is 0 Å². The molecule has 1 amide bonds. The van der Waals surface area contributed by atoms with E-state index < -0.39 is 9.84 Å². The van der Waals surface area contributed by atoms with Gasteiger partial charge in [0, 0.05) is 24.5 Å². The summed E-state index contributed by atoms with van der Waals surface area (Å²) < 4.78 is 22.6. The van der Waals surface area contributed by atoms with Crippen LogP contribution >= 0.6 is 0 Å². The Bertz CT molecular complexity index is 571. The van der Waals surface area contributed by atoms with Crippen molar-refractivity contribution >= 4 is 21.4 Å². The van der Waals surface area contributed by atoms with E-state index in [1.165, 1.54) is 0 Å². The topological polar surface area (TPSA) is 88.2 Å². The summed E-state index contributed by atoms with van der Waals surface area (Å²) in [5.41, 5.74) is 1.12. The Morgan fingerprint density at radius 2 is 2.32 bits per heavy atom. The number of nitrogens with zero attached hydrogens (tertiary/aromatic N) is 1. The van der Waals surface area contributed by atoms with Crippen LogP contribution in [-0.4, -0.2) is 43.4 Å². The first kappa shape index (κ1) is 13.8. The lowest BCUT2D eigenvalue weighted by molar-refractivity contribution is 0.0936. The normalized spacial score (nSPS) is 21.0. The number of amides is 1. The molecule has 1 saturated heterocycles. The largest absolute Gasteiger partial charge is 0.385 e. The van der Waals surface area contributed by atoms with E-state index in [4.69, 9.17) is 0 Å². The first-order chi connectivity index (χ1) is 9.00. The fraction of sp³-hybridized carbons (Fsp3) is 0.500. The number of carbonyl (C=O) groups is 1. The van der Waals surface area contributed by atoms with Crippen LogP contribution < -0.4 is 10.6 Å². The number of sulfone groups is 1. The first-order valence-corrected chi connectivity index (χ1v) is 8.03. The van der Waals surface area contributed by atoms with E-state index >= 15 is 0 Å². The number of pyridine rings is 1. The Morgan fingerprint density at radius 1 is 1.53 bits per heavy atom. The molecular weight excluding hydrogens is 266 g/mol. The highest BCUT2D eigenvalue weighted by Crippen LogP contribution is 2.13. The zero-order chi connectivity index (χ0) is 13.9. The van der Waals surface area contributed by atoms with Crippen molar-refractivity contribution in [2.75, 3.05) is 23.4 Å². The van der Waals surface area contributed by atoms with Gasteiger partial charge in [0.25, 0.3) is 5.91 Å². The van der Waals surface area contributed by atoms with Gasteiger partial charge in [0.15, 0.2) is 9.84 Å². The molecule has 0 saturated carbocycles. The molecule has 1 fully saturated rings. The Hall–Kier alpha value is -1.63. The molecule has 0 spiro atoms. The summed E-state index contributed by atoms with van der Waals surface area (Å²) in [5.74, 6) is -0.170. The van der Waals surface area contributed by atoms with Crippen molar-refractivity contribution in [3.63, 3.8) is 0 Å². The Morgan fingerprint density at radius 3 is 2.95 bits per heavy atom. The summed E-state index contributed by atoms with van der Waals surface area (Å²) in [5, 5.41) is 5.81. The minimum atomic E-state index is -2.99. The minimum absolute atomic E-state index is 0.0195. The summed E-state index contributed by atoms with van der Waals surface area (Å²) in [6.07, 6.45) is 2.03. The van der Waals surface area contributed by atoms with E-state index in [9.17, 15) is 13.2 Å². The highest BCUT2D eigenvalue weighted by molar-refractivity contribution is 7.91. The highest BCUT2D eigenvalue weighted by Gasteiger charge is 2.29. The maximum absolute atomic E-state index is 12.0. The fourth-order valence-electron chi connectivity index (χ4n) is 2.04. The molecular formula is C12H17N3O3S. The zero-order valence-corrected chi connectivity index (χ0v) is 11.5. The Balaban J connectivity index is 2.02. The van der Waals surface area contributed by atoms with E-state index in [-0.39, 0.29) is 23.5 Å². The molecule has 7 heteroatoms. The van der Waals surface area contributed by atoms with E-state index in [0.29, 0.717) is 12.1 Å². The van der Waals surface area contributed by atoms with Crippen molar-refractivity contribution in [1.29, 1.82) is 0 Å². The van der Waals surface area contributed by atoms with Crippen LogP contribution in [0.3, 0.4) is 0 Å². The number of nitrogens with one attached hydrogen (secondary N) is 2. The summed E-state index contributed by atoms with van der Waals surface area (Å²) in [6.45, 7) is 2.72. The second-order valence-electron chi connectivity index (χ2n) is 4.53. The maximum atomic E-state index is 12.0. The predicted octanol–water partition coefficient (Wildman–Crippen LogP) is 0.430. The van der Waals surface area contributed by atoms with E-state index in [0.717, 1.165) is 12.2 Å². The third-order valence-corrected chi connectivity index (χ3v) is 4.71. The standard InChI is InChI=1S/C12H17N3O3S/c1-2-13-9-3-5-14-11(7-9)12(16)15-10-4-6-19(17,18)8-10/h3,5,7,10H,2,4,6,8H2,1H3,(H,13,14)(H,15,16). The van der Waals surface area contributed by atoms with Gasteiger partial charge in [-0.05, 0) is 25.5 Å². The summed E-state index contributed by atoms with van der Waals surface area (Å²) in [4.78, 5) is 16.0. The van der Waals surface area contributed by atoms with Crippen LogP contribution in [0.25, 0.3) is 0 Å². The van der Waals surface area contributed by atoms with Gasteiger partial charge < -0.3 is 10.6 Å². The smallest absolute Gasteiger partial charge is 0.270 e. The molecule has 1 unspecified atom stereocenters. The molecule has 104 valence electrons. The van der Waals surface area contributed by atoms with Crippen LogP contribution in [0.15, 0.2) is 18.3 Å². The van der Waals surface area contributed by atoms with Crippen molar-refractivity contribution in [3.05, 3.63) is 24.0 Å². The van der Waals surface area contributed by atoms with E-state index in [1.54, 1.807) is 18.3 Å². The molecule has 1 aliphatic heterocycles. The van der Waals surface area contributed by atoms with Crippen LogP contribution in [0.2, 0.25) is 0 Å². The van der Waals surface area contributed by atoms with Gasteiger partial charge in [-0.3, -0.25) is 9.78 Å². The lowest BCUT2D eigenvalue weighted by atomic mass is 10.2. The van der Waals surface area contributed by atoms with Gasteiger partial charge in [0.05, 0.1) is 11.5 Å². The van der Waals surface area contributed by atoms with Crippen LogP contribution in [0.4, 0.5) is 5.69 Å². The second kappa shape index (κ2) is 5.56. The second-order valence-corrected chi connectivity index (χ2v) is 6.76. The average molecular weight is 283 g/mol. The Kier molecular flexibility index (Phi) is 4.04. The zero-order valence-electron chi connectivity index (χ0n) is 10.7. The van der Waals surface area contributed by atoms with Gasteiger partial charge >= 0.3 is 0 Å². The molecule has 0 aromatic carbocycles. The van der Waals surface area contributed by atoms with Crippen molar-refractivity contribution in [1.82, 2.24) is 10.3 Å². The number of hydrogen-bond donors (Lipinski definition) is 2. The van der Waals surface area contributed by atoms with Crippen LogP contribution in [0, 0.1) is 0 Å². The molecule has 2 rings (SSSR count). The highest BCUT2D eigenvalue weighted by atomic mass is 32.2. The quantitative estimate of drug-likeness (QED) is 0.836. The van der Waals surface area contributed by atoms with Crippen molar-refractivity contribution < 1.29 is 13.2 Å². The lowest BCUT2D eigenvalue weighted by Gasteiger charge is -2.11. The van der Waals surface area contributed by atoms with Crippen LogP contribution in [0.1, 0.15) is 23.8 Å². The SMILES string of the molecule is CCNc1ccnc(C(=O)NC2CCS(=O)(=O)C2)c1. The molecule has 1 aliphatic rings. The van der Waals surface area contributed by atoms with Crippen molar-refractivity contribution in [3.8, 4) is 0 Å². The van der Waals surface area contributed by atoms with Gasteiger partial charge in [0.2, 0.25) is 0 Å². The molecule has 1 atom stereocenters. The molecule has 2 N–H and O–H groups in total. The third-order valence-electron chi connectivity index (χ3n) is 2.94. The number of anilines is 1. The fourth-order valence-corrected chi connectivity index (χ4v) is 3.71. The molecule has 1 aromatic heterocycles. The number of carbonyl (C=O) groups excluding carboxylic acids is 1. The average Bonchev–Trinajstić information content (AvgIpc) is 2.69. The monoisotopic (exact) mass is 283 g/mol. The first-order valence-electron chi connectivity index (χ1n) is 6.21. The molecule has 0 aliphatic carbocycles. The number of hydrogen-bond acceptors (Lipinski definition) is 5. The Labute approximate surface area is 112 Å². The van der Waals surface area contributed by atoms with E-state index in [1.807, 2.05) is 6.92 Å². The molecule has 0 radical (unpaired) electrons. The number of aromatic nitrogens is 1. The minimum Gasteiger partial charge on any atom is -0.385 e. The molecule has 0 bridgehead atoms. The van der Waals surface area contributed by atoms with Gasteiger partial charge in [0.1, 0.15) is 5.69 Å². The maximum Gasteiger partial charge on any atom is 0.270 e. The van der Waals surface area contributed by atoms with Gasteiger partial charge in [-0.15, -0.1) is 0 Å². The third kappa shape index (κ3) is 3.66. The molecule has 6 nitrogen and oxygen atoms in total. The summed E-state index contributed by atoms with van der Waals surface area (Å²) in [6, 6.07) is 3.13. The molecule has 1 aromatic rings. The number of rotatable bonds is 4. The summed E-state index contributed by atoms with van der Waals surface area (Å²) in [7, 11) is -2.99. The van der Waals surface area contributed by atoms with Gasteiger partial charge in [-0.25, -0.2) is 8.42 Å². The van der Waals surface area contributed by atoms with Crippen LogP contribution in [0.5, 0.6) is 0 Å². The van der Waals surface area contributed by atoms with Crippen LogP contribution in [-0.2, 0) is 9.84 Å². The van der Waals surface area contributed by atoms with E-state index in [2.05, 4.69) is 15.6 Å².